The van der Waals surface area contributed by atoms with E-state index in [1.54, 1.807) is 51.1 Å². The first-order valence-electron chi connectivity index (χ1n) is 15.3. The van der Waals surface area contributed by atoms with Crippen molar-refractivity contribution in [3.63, 3.8) is 0 Å². The topological polar surface area (TPSA) is 98.8 Å². The molecule has 3 aromatic rings. The lowest BCUT2D eigenvalue weighted by molar-refractivity contribution is -0.253. The van der Waals surface area contributed by atoms with E-state index in [0.29, 0.717) is 24.5 Å². The Labute approximate surface area is 280 Å². The van der Waals surface area contributed by atoms with Crippen LogP contribution in [0.15, 0.2) is 66.9 Å². The van der Waals surface area contributed by atoms with Crippen LogP contribution in [0.2, 0.25) is 5.02 Å². The van der Waals surface area contributed by atoms with E-state index in [1.165, 1.54) is 18.3 Å². The first-order valence-corrected chi connectivity index (χ1v) is 15.7. The average molecular weight is 698 g/mol. The molecule has 1 aliphatic carbocycles. The van der Waals surface area contributed by atoms with Crippen molar-refractivity contribution in [2.24, 2.45) is 0 Å². The molecule has 1 aliphatic rings. The first kappa shape index (κ1) is 36.9. The van der Waals surface area contributed by atoms with Gasteiger partial charge in [-0.1, -0.05) is 41.9 Å². The van der Waals surface area contributed by atoms with Gasteiger partial charge in [-0.25, -0.2) is 9.18 Å². The molecular formula is C34H37ClF5N3O5. The zero-order chi connectivity index (χ0) is 35.1. The fraction of sp³-hybridized carbons (Fsp3) is 0.441. The number of carbonyl (C=O) groups is 2. The zero-order valence-corrected chi connectivity index (χ0v) is 27.3. The molecule has 1 aromatic heterocycles. The van der Waals surface area contributed by atoms with Crippen LogP contribution in [0.3, 0.4) is 0 Å². The van der Waals surface area contributed by atoms with Crippen molar-refractivity contribution in [2.45, 2.75) is 88.7 Å². The highest BCUT2D eigenvalue weighted by molar-refractivity contribution is 6.30. The smallest absolute Gasteiger partial charge is 0.460 e. The predicted octanol–water partition coefficient (Wildman–Crippen LogP) is 7.57. The maximum absolute atomic E-state index is 15.1. The van der Waals surface area contributed by atoms with Crippen LogP contribution in [0.5, 0.6) is 5.75 Å². The Balaban J connectivity index is 1.67. The van der Waals surface area contributed by atoms with Gasteiger partial charge in [0.05, 0.1) is 35.9 Å². The van der Waals surface area contributed by atoms with Gasteiger partial charge in [-0.05, 0) is 75.4 Å². The van der Waals surface area contributed by atoms with Gasteiger partial charge in [-0.15, -0.1) is 0 Å². The monoisotopic (exact) mass is 697 g/mol. The Morgan fingerprint density at radius 3 is 2.42 bits per heavy atom. The third kappa shape index (κ3) is 10.0. The van der Waals surface area contributed by atoms with Crippen LogP contribution >= 0.6 is 11.6 Å². The molecule has 0 aliphatic heterocycles. The number of esters is 1. The Hall–Kier alpha value is -3.97. The Morgan fingerprint density at radius 2 is 1.77 bits per heavy atom. The third-order valence-corrected chi connectivity index (χ3v) is 7.73. The normalized spacial score (nSPS) is 17.9. The number of nitrogens with zero attached hydrogens (tertiary/aromatic N) is 1. The van der Waals surface area contributed by atoms with E-state index in [9.17, 15) is 27.2 Å². The molecule has 260 valence electrons. The van der Waals surface area contributed by atoms with Crippen molar-refractivity contribution >= 4 is 23.6 Å². The average Bonchev–Trinajstić information content (AvgIpc) is 3.42. The van der Waals surface area contributed by atoms with Gasteiger partial charge in [-0.2, -0.15) is 17.6 Å². The number of hydrogen-bond acceptors (Lipinski definition) is 6. The van der Waals surface area contributed by atoms with Crippen molar-refractivity contribution in [1.29, 1.82) is 0 Å². The predicted molar refractivity (Wildman–Crippen MR) is 168 cm³/mol. The van der Waals surface area contributed by atoms with Gasteiger partial charge in [0.1, 0.15) is 22.7 Å². The summed E-state index contributed by atoms with van der Waals surface area (Å²) in [6, 6.07) is 12.9. The first-order chi connectivity index (χ1) is 22.6. The lowest BCUT2D eigenvalue weighted by Crippen LogP contribution is -2.55. The summed E-state index contributed by atoms with van der Waals surface area (Å²) in [5.41, 5.74) is -1.76. The van der Waals surface area contributed by atoms with Crippen LogP contribution in [-0.2, 0) is 26.2 Å². The molecule has 1 fully saturated rings. The summed E-state index contributed by atoms with van der Waals surface area (Å²) < 4.78 is 84.5. The summed E-state index contributed by atoms with van der Waals surface area (Å²) in [6.07, 6.45) is -6.42. The van der Waals surface area contributed by atoms with E-state index in [-0.39, 0.29) is 35.7 Å². The zero-order valence-electron chi connectivity index (χ0n) is 26.6. The summed E-state index contributed by atoms with van der Waals surface area (Å²) in [5.74, 6) is -2.40. The number of carbonyl (C=O) groups excluding carboxylic acids is 2. The van der Waals surface area contributed by atoms with Crippen molar-refractivity contribution in [3.8, 4) is 5.75 Å². The number of halogens is 6. The molecule has 0 saturated heterocycles. The molecule has 48 heavy (non-hydrogen) atoms. The molecule has 14 heteroatoms. The second-order valence-electron chi connectivity index (χ2n) is 12.5. The standard InChI is InChI=1S/C34H37ClF5N3O5/c1-32(2,3)48-29(44)14-15-46-27-11-7-10-26(27)42-31(45)43-33(19-21-8-5-4-6-9-21,28-13-12-23(35)20-41-28)22-16-24(36)18-25(17-22)47-34(39,40)30(37)38/h4-6,8-9,12-13,16-18,20,26-27,30H,7,10-11,14-15,19H2,1-3H3,(H2,42,43,45)/t26-,27+,33-/m0/s1. The number of alkyl halides is 4. The fourth-order valence-corrected chi connectivity index (χ4v) is 5.61. The molecule has 1 heterocycles. The number of pyridine rings is 1. The van der Waals surface area contributed by atoms with E-state index < -0.39 is 59.4 Å². The van der Waals surface area contributed by atoms with Crippen LogP contribution in [0.4, 0.5) is 26.7 Å². The number of hydrogen-bond donors (Lipinski definition) is 2. The number of amides is 2. The van der Waals surface area contributed by atoms with Gasteiger partial charge in [0.2, 0.25) is 0 Å². The number of rotatable bonds is 13. The molecular weight excluding hydrogens is 661 g/mol. The lowest BCUT2D eigenvalue weighted by atomic mass is 9.80. The molecule has 0 spiro atoms. The van der Waals surface area contributed by atoms with Crippen LogP contribution in [0.25, 0.3) is 0 Å². The molecule has 2 aromatic carbocycles. The van der Waals surface area contributed by atoms with E-state index in [4.69, 9.17) is 21.1 Å². The summed E-state index contributed by atoms with van der Waals surface area (Å²) >= 11 is 6.11. The second kappa shape index (κ2) is 15.5. The number of ether oxygens (including phenoxy) is 3. The molecule has 0 radical (unpaired) electrons. The second-order valence-corrected chi connectivity index (χ2v) is 12.9. The van der Waals surface area contributed by atoms with Gasteiger partial charge in [0, 0.05) is 18.7 Å². The molecule has 1 saturated carbocycles. The highest BCUT2D eigenvalue weighted by atomic mass is 35.5. The van der Waals surface area contributed by atoms with Gasteiger partial charge in [-0.3, -0.25) is 9.78 Å². The Bertz CT molecular complexity index is 1540. The summed E-state index contributed by atoms with van der Waals surface area (Å²) in [6.45, 7) is 5.35. The SMILES string of the molecule is CC(C)(C)OC(=O)CCO[C@@H]1CCC[C@@H]1NC(=O)N[C@@](Cc1ccccc1)(c1cc(F)cc(OC(F)(F)C(F)F)c1)c1ccc(Cl)cn1. The Morgan fingerprint density at radius 1 is 1.04 bits per heavy atom. The fourth-order valence-electron chi connectivity index (χ4n) is 5.50. The molecule has 2 amide bonds. The third-order valence-electron chi connectivity index (χ3n) is 7.50. The van der Waals surface area contributed by atoms with Crippen molar-refractivity contribution in [3.05, 3.63) is 94.5 Å². The minimum Gasteiger partial charge on any atom is -0.460 e. The number of benzene rings is 2. The van der Waals surface area contributed by atoms with Gasteiger partial charge < -0.3 is 24.8 Å². The lowest BCUT2D eigenvalue weighted by Gasteiger charge is -2.36. The summed E-state index contributed by atoms with van der Waals surface area (Å²) in [4.78, 5) is 30.4. The van der Waals surface area contributed by atoms with E-state index in [1.807, 2.05) is 0 Å². The van der Waals surface area contributed by atoms with Gasteiger partial charge in [0.25, 0.3) is 0 Å². The highest BCUT2D eigenvalue weighted by Gasteiger charge is 2.45. The Kier molecular flexibility index (Phi) is 11.9. The molecule has 8 nitrogen and oxygen atoms in total. The summed E-state index contributed by atoms with van der Waals surface area (Å²) in [7, 11) is 0. The minimum absolute atomic E-state index is 0.0175. The number of nitrogens with one attached hydrogen (secondary N) is 2. The van der Waals surface area contributed by atoms with E-state index in [2.05, 4.69) is 20.4 Å². The number of urea groups is 1. The van der Waals surface area contributed by atoms with Crippen molar-refractivity contribution < 1.29 is 45.8 Å². The van der Waals surface area contributed by atoms with Crippen LogP contribution < -0.4 is 15.4 Å². The minimum atomic E-state index is -4.92. The maximum atomic E-state index is 15.1. The molecule has 2 N–H and O–H groups in total. The molecule has 0 unspecified atom stereocenters. The van der Waals surface area contributed by atoms with Crippen molar-refractivity contribution in [2.75, 3.05) is 6.61 Å². The van der Waals surface area contributed by atoms with Crippen LogP contribution in [-0.4, -0.2) is 53.9 Å². The number of aromatic nitrogens is 1. The van der Waals surface area contributed by atoms with Crippen molar-refractivity contribution in [1.82, 2.24) is 15.6 Å². The highest BCUT2D eigenvalue weighted by Crippen LogP contribution is 2.37. The van der Waals surface area contributed by atoms with Crippen LogP contribution in [0, 0.1) is 5.82 Å². The quantitative estimate of drug-likeness (QED) is 0.141. The van der Waals surface area contributed by atoms with E-state index in [0.717, 1.165) is 18.6 Å². The van der Waals surface area contributed by atoms with Gasteiger partial charge in [0.15, 0.2) is 0 Å². The molecule has 3 atom stereocenters. The maximum Gasteiger partial charge on any atom is 0.461 e. The molecule has 4 rings (SSSR count). The van der Waals surface area contributed by atoms with Gasteiger partial charge >= 0.3 is 24.5 Å². The van der Waals surface area contributed by atoms with Crippen LogP contribution in [0.1, 0.15) is 63.3 Å². The summed E-state index contributed by atoms with van der Waals surface area (Å²) in [5, 5.41) is 6.01. The molecule has 0 bridgehead atoms. The largest absolute Gasteiger partial charge is 0.461 e. The van der Waals surface area contributed by atoms with E-state index >= 15 is 4.39 Å².